The van der Waals surface area contributed by atoms with Gasteiger partial charge in [0.05, 0.1) is 32.4 Å². The van der Waals surface area contributed by atoms with E-state index in [4.69, 9.17) is 14.2 Å². The van der Waals surface area contributed by atoms with Gasteiger partial charge in [-0.2, -0.15) is 0 Å². The highest BCUT2D eigenvalue weighted by Crippen LogP contribution is 2.38. The van der Waals surface area contributed by atoms with Crippen LogP contribution in [-0.4, -0.2) is 99.4 Å². The smallest absolute Gasteiger partial charge is 0.338 e. The Hall–Kier alpha value is -3.47. The summed E-state index contributed by atoms with van der Waals surface area (Å²) in [4.78, 5) is 44.5. The summed E-state index contributed by atoms with van der Waals surface area (Å²) in [6.45, 7) is 9.57. The van der Waals surface area contributed by atoms with Crippen LogP contribution < -0.4 is 20.1 Å². The number of amides is 4. The van der Waals surface area contributed by atoms with E-state index in [1.807, 2.05) is 13.8 Å². The van der Waals surface area contributed by atoms with Gasteiger partial charge in [-0.25, -0.2) is 14.4 Å². The maximum absolute atomic E-state index is 13.4. The first-order chi connectivity index (χ1) is 17.9. The molecule has 11 nitrogen and oxygen atoms in total. The first-order valence-electron chi connectivity index (χ1n) is 12.8. The predicted molar refractivity (Wildman–Crippen MR) is 139 cm³/mol. The summed E-state index contributed by atoms with van der Waals surface area (Å²) in [5.74, 6) is 0.595. The molecule has 1 aromatic rings. The molecule has 0 aliphatic carbocycles. The zero-order chi connectivity index (χ0) is 26.9. The number of likely N-dealkylation sites (N-methyl/N-ethyl adjacent to an activating group) is 1. The third kappa shape index (κ3) is 6.46. The number of hydrogen-bond donors (Lipinski definition) is 2. The Bertz CT molecular complexity index is 1010. The molecule has 0 radical (unpaired) electrons. The van der Waals surface area contributed by atoms with Gasteiger partial charge in [-0.05, 0) is 38.5 Å². The molecule has 2 N–H and O–H groups in total. The molecule has 0 spiro atoms. The van der Waals surface area contributed by atoms with Gasteiger partial charge in [0.25, 0.3) is 0 Å². The molecule has 2 aliphatic rings. The highest BCUT2D eigenvalue weighted by molar-refractivity contribution is 5.95. The molecule has 11 heteroatoms. The van der Waals surface area contributed by atoms with Crippen LogP contribution in [0.25, 0.3) is 0 Å². The first kappa shape index (κ1) is 28.1. The lowest BCUT2D eigenvalue weighted by molar-refractivity contribution is -0.139. The van der Waals surface area contributed by atoms with Crippen molar-refractivity contribution in [2.24, 2.45) is 0 Å². The number of benzene rings is 1. The van der Waals surface area contributed by atoms with Crippen molar-refractivity contribution >= 4 is 18.0 Å². The fourth-order valence-electron chi connectivity index (χ4n) is 4.62. The van der Waals surface area contributed by atoms with E-state index in [0.29, 0.717) is 74.1 Å². The lowest BCUT2D eigenvalue weighted by atomic mass is 9.93. The number of ether oxygens (including phenoxy) is 3. The van der Waals surface area contributed by atoms with Crippen LogP contribution in [0.15, 0.2) is 29.5 Å². The number of rotatable bonds is 10. The molecule has 3 rings (SSSR count). The van der Waals surface area contributed by atoms with Crippen molar-refractivity contribution in [2.45, 2.75) is 33.2 Å². The fraction of sp³-hybridized carbons (Fsp3) is 0.577. The summed E-state index contributed by atoms with van der Waals surface area (Å²) in [6.07, 6.45) is 0.880. The molecule has 1 aromatic carbocycles. The Balaban J connectivity index is 1.98. The Kier molecular flexibility index (Phi) is 10.0. The van der Waals surface area contributed by atoms with Crippen LogP contribution in [0.4, 0.5) is 9.59 Å². The van der Waals surface area contributed by atoms with Crippen molar-refractivity contribution in [2.75, 3.05) is 66.6 Å². The highest BCUT2D eigenvalue weighted by Gasteiger charge is 2.40. The van der Waals surface area contributed by atoms with Crippen LogP contribution in [0.1, 0.15) is 38.8 Å². The fourth-order valence-corrected chi connectivity index (χ4v) is 4.62. The summed E-state index contributed by atoms with van der Waals surface area (Å²) in [5.41, 5.74) is 1.55. The zero-order valence-corrected chi connectivity index (χ0v) is 22.5. The molecule has 1 atom stereocenters. The Morgan fingerprint density at radius 2 is 1.81 bits per heavy atom. The number of carbonyl (C=O) groups is 3. The SMILES string of the molecule is CCCNC(=O)N1CCN(CC2=C(C(=O)OCC)[C@H](c3cc(OC)ccc3OC)NC(=O)N2CC)CC1. The van der Waals surface area contributed by atoms with Crippen LogP contribution in [0.2, 0.25) is 0 Å². The minimum Gasteiger partial charge on any atom is -0.497 e. The van der Waals surface area contributed by atoms with Crippen molar-refractivity contribution in [3.05, 3.63) is 35.0 Å². The normalized spacial score (nSPS) is 18.4. The van der Waals surface area contributed by atoms with Crippen molar-refractivity contribution < 1.29 is 28.6 Å². The van der Waals surface area contributed by atoms with Gasteiger partial charge < -0.3 is 29.7 Å². The van der Waals surface area contributed by atoms with Gasteiger partial charge in [-0.3, -0.25) is 9.80 Å². The standard InChI is InChI=1S/C26H39N5O6/c1-6-11-27-25(33)30-14-12-29(13-15-30)17-20-22(24(32)37-8-3)23(28-26(34)31(20)7-2)19-16-18(35-4)9-10-21(19)36-5/h9-10,16,23H,6-8,11-15,17H2,1-5H3,(H,27,33)(H,28,34)/t23-/m0/s1. The molecule has 0 bridgehead atoms. The highest BCUT2D eigenvalue weighted by atomic mass is 16.5. The number of urea groups is 2. The number of hydrogen-bond acceptors (Lipinski definition) is 7. The van der Waals surface area contributed by atoms with E-state index in [2.05, 4.69) is 15.5 Å². The summed E-state index contributed by atoms with van der Waals surface area (Å²) in [7, 11) is 3.10. The molecule has 0 aromatic heterocycles. The molecular formula is C26H39N5O6. The van der Waals surface area contributed by atoms with Crippen LogP contribution >= 0.6 is 0 Å². The van der Waals surface area contributed by atoms with Crippen LogP contribution in [0.5, 0.6) is 11.5 Å². The molecular weight excluding hydrogens is 478 g/mol. The van der Waals surface area contributed by atoms with Gasteiger partial charge in [-0.1, -0.05) is 6.92 Å². The van der Waals surface area contributed by atoms with Crippen LogP contribution in [-0.2, 0) is 9.53 Å². The minimum absolute atomic E-state index is 0.0645. The summed E-state index contributed by atoms with van der Waals surface area (Å²) >= 11 is 0. The molecule has 0 unspecified atom stereocenters. The van der Waals surface area contributed by atoms with Gasteiger partial charge in [0, 0.05) is 57.1 Å². The minimum atomic E-state index is -0.782. The number of nitrogens with one attached hydrogen (secondary N) is 2. The molecule has 1 saturated heterocycles. The molecule has 2 aliphatic heterocycles. The van der Waals surface area contributed by atoms with E-state index in [1.54, 1.807) is 49.1 Å². The average molecular weight is 518 g/mol. The predicted octanol–water partition coefficient (Wildman–Crippen LogP) is 2.34. The summed E-state index contributed by atoms with van der Waals surface area (Å²) in [5, 5.41) is 5.89. The van der Waals surface area contributed by atoms with E-state index in [9.17, 15) is 14.4 Å². The number of piperazine rings is 1. The van der Waals surface area contributed by atoms with Gasteiger partial charge >= 0.3 is 18.0 Å². The maximum Gasteiger partial charge on any atom is 0.338 e. The number of methoxy groups -OCH3 is 2. The third-order valence-corrected chi connectivity index (χ3v) is 6.56. The second-order valence-electron chi connectivity index (χ2n) is 8.81. The second kappa shape index (κ2) is 13.2. The van der Waals surface area contributed by atoms with Crippen molar-refractivity contribution in [1.29, 1.82) is 0 Å². The lowest BCUT2D eigenvalue weighted by Gasteiger charge is -2.40. The Morgan fingerprint density at radius 3 is 2.41 bits per heavy atom. The molecule has 204 valence electrons. The zero-order valence-electron chi connectivity index (χ0n) is 22.5. The third-order valence-electron chi connectivity index (χ3n) is 6.56. The second-order valence-corrected chi connectivity index (χ2v) is 8.81. The van der Waals surface area contributed by atoms with Crippen molar-refractivity contribution in [1.82, 2.24) is 25.3 Å². The number of nitrogens with zero attached hydrogens (tertiary/aromatic N) is 3. The van der Waals surface area contributed by atoms with E-state index in [1.165, 1.54) is 0 Å². The number of carbonyl (C=O) groups excluding carboxylic acids is 3. The van der Waals surface area contributed by atoms with Gasteiger partial charge in [0.15, 0.2) is 0 Å². The quantitative estimate of drug-likeness (QED) is 0.458. The lowest BCUT2D eigenvalue weighted by Crippen LogP contribution is -2.55. The van der Waals surface area contributed by atoms with Gasteiger partial charge in [0.2, 0.25) is 0 Å². The van der Waals surface area contributed by atoms with E-state index >= 15 is 0 Å². The first-order valence-corrected chi connectivity index (χ1v) is 12.8. The topological polar surface area (TPSA) is 113 Å². The average Bonchev–Trinajstić information content (AvgIpc) is 2.91. The molecule has 2 heterocycles. The summed E-state index contributed by atoms with van der Waals surface area (Å²) < 4.78 is 16.4. The van der Waals surface area contributed by atoms with E-state index in [0.717, 1.165) is 6.42 Å². The van der Waals surface area contributed by atoms with E-state index < -0.39 is 12.0 Å². The number of esters is 1. The summed E-state index contributed by atoms with van der Waals surface area (Å²) in [6, 6.07) is 4.11. The van der Waals surface area contributed by atoms with Crippen molar-refractivity contribution in [3.63, 3.8) is 0 Å². The van der Waals surface area contributed by atoms with Crippen molar-refractivity contribution in [3.8, 4) is 11.5 Å². The van der Waals surface area contributed by atoms with E-state index in [-0.39, 0.29) is 18.7 Å². The molecule has 1 fully saturated rings. The molecule has 0 saturated carbocycles. The van der Waals surface area contributed by atoms with Crippen LogP contribution in [0.3, 0.4) is 0 Å². The monoisotopic (exact) mass is 517 g/mol. The molecule has 37 heavy (non-hydrogen) atoms. The molecule has 4 amide bonds. The largest absolute Gasteiger partial charge is 0.497 e. The maximum atomic E-state index is 13.4. The van der Waals surface area contributed by atoms with Gasteiger partial charge in [-0.15, -0.1) is 0 Å². The Morgan fingerprint density at radius 1 is 1.08 bits per heavy atom. The Labute approximate surface area is 218 Å². The van der Waals surface area contributed by atoms with Crippen LogP contribution in [0, 0.1) is 0 Å². The van der Waals surface area contributed by atoms with Gasteiger partial charge in [0.1, 0.15) is 11.5 Å².